The molecule has 0 N–H and O–H groups in total. The molecule has 0 amide bonds. The lowest BCUT2D eigenvalue weighted by molar-refractivity contribution is -0.149. The molecule has 0 aliphatic rings. The number of ether oxygens (including phenoxy) is 4. The summed E-state index contributed by atoms with van der Waals surface area (Å²) in [6, 6.07) is 0. The first-order valence-electron chi connectivity index (χ1n) is 9.49. The quantitative estimate of drug-likeness (QED) is 0.294. The van der Waals surface area contributed by atoms with Gasteiger partial charge in [0.25, 0.3) is 0 Å². The summed E-state index contributed by atoms with van der Waals surface area (Å²) in [5.41, 5.74) is 0. The molecular weight excluding hydrogens is 308 g/mol. The topological polar surface area (TPSA) is 54.0 Å². The predicted octanol–water partition coefficient (Wildman–Crippen LogP) is 3.98. The van der Waals surface area contributed by atoms with Crippen molar-refractivity contribution in [1.82, 2.24) is 0 Å². The number of unbranched alkanes of at least 4 members (excludes halogenated alkanes) is 2. The van der Waals surface area contributed by atoms with Crippen molar-refractivity contribution in [2.75, 3.05) is 39.6 Å². The molecule has 24 heavy (non-hydrogen) atoms. The Morgan fingerprint density at radius 3 is 2.08 bits per heavy atom. The van der Waals surface area contributed by atoms with Gasteiger partial charge in [0.1, 0.15) is 0 Å². The van der Waals surface area contributed by atoms with E-state index in [4.69, 9.17) is 18.9 Å². The van der Waals surface area contributed by atoms with Gasteiger partial charge in [-0.2, -0.15) is 0 Å². The minimum Gasteiger partial charge on any atom is -0.463 e. The Bertz CT molecular complexity index is 281. The van der Waals surface area contributed by atoms with Gasteiger partial charge in [-0.15, -0.1) is 0 Å². The molecule has 144 valence electrons. The van der Waals surface area contributed by atoms with E-state index in [0.29, 0.717) is 51.8 Å². The van der Waals surface area contributed by atoms with Crippen molar-refractivity contribution in [3.8, 4) is 0 Å². The second-order valence-electron chi connectivity index (χ2n) is 6.59. The molecule has 1 atom stereocenters. The molecule has 0 radical (unpaired) electrons. The van der Waals surface area contributed by atoms with Crippen molar-refractivity contribution in [2.45, 2.75) is 72.3 Å². The molecule has 0 aliphatic heterocycles. The number of carbonyl (C=O) groups excluding carboxylic acids is 1. The highest BCUT2D eigenvalue weighted by atomic mass is 16.5. The standard InChI is InChI=1S/C19H38O5/c1-5-6-7-9-18(4)24-19(20)10-8-11-21-12-13-22-14-15-23-16-17(2)3/h17-18H,5-16H2,1-4H3. The third-order valence-electron chi connectivity index (χ3n) is 3.41. The van der Waals surface area contributed by atoms with Crippen molar-refractivity contribution >= 4 is 5.97 Å². The summed E-state index contributed by atoms with van der Waals surface area (Å²) in [4.78, 5) is 11.7. The third-order valence-corrected chi connectivity index (χ3v) is 3.41. The molecule has 0 fully saturated rings. The van der Waals surface area contributed by atoms with Crippen LogP contribution in [0.2, 0.25) is 0 Å². The van der Waals surface area contributed by atoms with Crippen molar-refractivity contribution in [3.05, 3.63) is 0 Å². The number of rotatable bonds is 17. The van der Waals surface area contributed by atoms with Crippen molar-refractivity contribution in [2.24, 2.45) is 5.92 Å². The summed E-state index contributed by atoms with van der Waals surface area (Å²) in [5.74, 6) is 0.431. The zero-order valence-electron chi connectivity index (χ0n) is 16.2. The fourth-order valence-electron chi connectivity index (χ4n) is 2.10. The number of carbonyl (C=O) groups is 1. The van der Waals surface area contributed by atoms with Crippen LogP contribution in [0, 0.1) is 5.92 Å². The van der Waals surface area contributed by atoms with Gasteiger partial charge >= 0.3 is 5.97 Å². The van der Waals surface area contributed by atoms with Crippen LogP contribution in [-0.2, 0) is 23.7 Å². The summed E-state index contributed by atoms with van der Waals surface area (Å²) in [5, 5.41) is 0. The summed E-state index contributed by atoms with van der Waals surface area (Å²) >= 11 is 0. The lowest BCUT2D eigenvalue weighted by Gasteiger charge is -2.13. The lowest BCUT2D eigenvalue weighted by atomic mass is 10.1. The van der Waals surface area contributed by atoms with Crippen LogP contribution < -0.4 is 0 Å². The first-order chi connectivity index (χ1) is 11.6. The summed E-state index contributed by atoms with van der Waals surface area (Å²) in [6.45, 7) is 12.0. The van der Waals surface area contributed by atoms with Gasteiger partial charge in [-0.25, -0.2) is 0 Å². The Morgan fingerprint density at radius 1 is 0.833 bits per heavy atom. The molecule has 0 aliphatic carbocycles. The number of esters is 1. The highest BCUT2D eigenvalue weighted by molar-refractivity contribution is 5.69. The number of hydrogen-bond donors (Lipinski definition) is 0. The smallest absolute Gasteiger partial charge is 0.306 e. The minimum absolute atomic E-state index is 0.0243. The molecule has 0 aromatic carbocycles. The van der Waals surface area contributed by atoms with E-state index in [0.717, 1.165) is 19.4 Å². The third kappa shape index (κ3) is 17.7. The van der Waals surface area contributed by atoms with Gasteiger partial charge in [0.2, 0.25) is 0 Å². The molecule has 0 saturated carbocycles. The summed E-state index contributed by atoms with van der Waals surface area (Å²) in [7, 11) is 0. The van der Waals surface area contributed by atoms with E-state index in [1.165, 1.54) is 12.8 Å². The molecule has 0 rings (SSSR count). The zero-order valence-corrected chi connectivity index (χ0v) is 16.2. The van der Waals surface area contributed by atoms with E-state index in [-0.39, 0.29) is 12.1 Å². The van der Waals surface area contributed by atoms with Crippen LogP contribution in [0.25, 0.3) is 0 Å². The van der Waals surface area contributed by atoms with E-state index in [1.807, 2.05) is 6.92 Å². The van der Waals surface area contributed by atoms with Gasteiger partial charge in [0.05, 0.1) is 32.5 Å². The number of hydrogen-bond acceptors (Lipinski definition) is 5. The van der Waals surface area contributed by atoms with Crippen molar-refractivity contribution in [3.63, 3.8) is 0 Å². The fourth-order valence-corrected chi connectivity index (χ4v) is 2.10. The van der Waals surface area contributed by atoms with Gasteiger partial charge in [0.15, 0.2) is 0 Å². The van der Waals surface area contributed by atoms with Crippen LogP contribution in [0.3, 0.4) is 0 Å². The molecule has 0 aromatic rings. The van der Waals surface area contributed by atoms with Gasteiger partial charge in [-0.3, -0.25) is 4.79 Å². The molecule has 0 heterocycles. The van der Waals surface area contributed by atoms with Crippen LogP contribution >= 0.6 is 0 Å². The Kier molecular flexibility index (Phi) is 16.7. The van der Waals surface area contributed by atoms with Crippen LogP contribution in [-0.4, -0.2) is 51.7 Å². The zero-order chi connectivity index (χ0) is 18.0. The molecular formula is C19H38O5. The molecule has 0 aromatic heterocycles. The molecule has 0 spiro atoms. The first-order valence-corrected chi connectivity index (χ1v) is 9.49. The van der Waals surface area contributed by atoms with Crippen molar-refractivity contribution < 1.29 is 23.7 Å². The average Bonchev–Trinajstić information content (AvgIpc) is 2.52. The summed E-state index contributed by atoms with van der Waals surface area (Å²) in [6.07, 6.45) is 5.59. The maximum absolute atomic E-state index is 11.7. The average molecular weight is 347 g/mol. The summed E-state index contributed by atoms with van der Waals surface area (Å²) < 4.78 is 21.6. The van der Waals surface area contributed by atoms with Gasteiger partial charge in [-0.1, -0.05) is 33.6 Å². The predicted molar refractivity (Wildman–Crippen MR) is 96.2 cm³/mol. The Balaban J connectivity index is 3.27. The molecule has 0 saturated heterocycles. The van der Waals surface area contributed by atoms with Crippen LogP contribution in [0.1, 0.15) is 66.2 Å². The molecule has 5 heteroatoms. The van der Waals surface area contributed by atoms with Gasteiger partial charge in [-0.05, 0) is 32.1 Å². The normalized spacial score (nSPS) is 12.5. The molecule has 1 unspecified atom stereocenters. The Labute approximate surface area is 148 Å². The highest BCUT2D eigenvalue weighted by Gasteiger charge is 2.08. The van der Waals surface area contributed by atoms with E-state index >= 15 is 0 Å². The second-order valence-corrected chi connectivity index (χ2v) is 6.59. The van der Waals surface area contributed by atoms with E-state index < -0.39 is 0 Å². The van der Waals surface area contributed by atoms with E-state index in [1.54, 1.807) is 0 Å². The van der Waals surface area contributed by atoms with E-state index in [2.05, 4.69) is 20.8 Å². The maximum Gasteiger partial charge on any atom is 0.306 e. The minimum atomic E-state index is -0.124. The lowest BCUT2D eigenvalue weighted by Crippen LogP contribution is -2.15. The molecule has 0 bridgehead atoms. The van der Waals surface area contributed by atoms with Gasteiger partial charge in [0, 0.05) is 19.6 Å². The maximum atomic E-state index is 11.7. The highest BCUT2D eigenvalue weighted by Crippen LogP contribution is 2.07. The van der Waals surface area contributed by atoms with Gasteiger partial charge < -0.3 is 18.9 Å². The van der Waals surface area contributed by atoms with E-state index in [9.17, 15) is 4.79 Å². The Hall–Kier alpha value is -0.650. The largest absolute Gasteiger partial charge is 0.463 e. The van der Waals surface area contributed by atoms with Crippen LogP contribution in [0.15, 0.2) is 0 Å². The SMILES string of the molecule is CCCCCC(C)OC(=O)CCCOCCOCCOCC(C)C. The monoisotopic (exact) mass is 346 g/mol. The van der Waals surface area contributed by atoms with Crippen LogP contribution in [0.5, 0.6) is 0 Å². The van der Waals surface area contributed by atoms with Crippen molar-refractivity contribution in [1.29, 1.82) is 0 Å². The second kappa shape index (κ2) is 17.2. The molecule has 5 nitrogen and oxygen atoms in total. The first kappa shape index (κ1) is 23.4. The Morgan fingerprint density at radius 2 is 1.46 bits per heavy atom. The fraction of sp³-hybridized carbons (Fsp3) is 0.947. The van der Waals surface area contributed by atoms with Crippen LogP contribution in [0.4, 0.5) is 0 Å².